The van der Waals surface area contributed by atoms with Gasteiger partial charge < -0.3 is 10.6 Å². The highest BCUT2D eigenvalue weighted by Gasteiger charge is 2.26. The Morgan fingerprint density at radius 3 is 2.68 bits per heavy atom. The van der Waals surface area contributed by atoms with Crippen LogP contribution in [0, 0.1) is 17.7 Å². The molecule has 0 aliphatic carbocycles. The lowest BCUT2D eigenvalue weighted by Gasteiger charge is -2.24. The maximum atomic E-state index is 13.4. The third-order valence-electron chi connectivity index (χ3n) is 4.09. The van der Waals surface area contributed by atoms with Gasteiger partial charge in [0, 0.05) is 24.8 Å². The third-order valence-corrected chi connectivity index (χ3v) is 4.09. The Morgan fingerprint density at radius 1 is 1.37 bits per heavy atom. The first-order valence-electron chi connectivity index (χ1n) is 7.26. The minimum atomic E-state index is -0.168. The van der Waals surface area contributed by atoms with E-state index in [9.17, 15) is 4.39 Å². The summed E-state index contributed by atoms with van der Waals surface area (Å²) in [7, 11) is 0. The van der Waals surface area contributed by atoms with Crippen LogP contribution in [0.2, 0.25) is 0 Å². The van der Waals surface area contributed by atoms with Crippen molar-refractivity contribution in [2.75, 3.05) is 18.0 Å². The van der Waals surface area contributed by atoms with E-state index in [1.807, 2.05) is 13.0 Å². The van der Waals surface area contributed by atoms with Crippen molar-refractivity contribution in [3.05, 3.63) is 29.6 Å². The summed E-state index contributed by atoms with van der Waals surface area (Å²) in [6, 6.07) is 5.17. The summed E-state index contributed by atoms with van der Waals surface area (Å²) in [5.74, 6) is 1.29. The van der Waals surface area contributed by atoms with Crippen LogP contribution in [0.1, 0.15) is 32.8 Å². The van der Waals surface area contributed by atoms with Crippen LogP contribution in [0.15, 0.2) is 18.2 Å². The van der Waals surface area contributed by atoms with Crippen LogP contribution in [0.5, 0.6) is 0 Å². The lowest BCUT2D eigenvalue weighted by atomic mass is 9.95. The standard InChI is InChI=1S/C16H25FN2/c1-11(2)13-6-7-19(10-13)16-5-4-15(17)9-14(16)8-12(3)18/h4-5,9,11-13H,6-8,10,18H2,1-3H3. The van der Waals surface area contributed by atoms with Gasteiger partial charge in [0.2, 0.25) is 0 Å². The van der Waals surface area contributed by atoms with Crippen LogP contribution in [0.25, 0.3) is 0 Å². The molecular formula is C16H25FN2. The summed E-state index contributed by atoms with van der Waals surface area (Å²) >= 11 is 0. The second kappa shape index (κ2) is 5.91. The van der Waals surface area contributed by atoms with Crippen LogP contribution in [-0.2, 0) is 6.42 Å². The van der Waals surface area contributed by atoms with Crippen LogP contribution < -0.4 is 10.6 Å². The smallest absolute Gasteiger partial charge is 0.123 e. The molecule has 1 saturated heterocycles. The van der Waals surface area contributed by atoms with E-state index in [0.717, 1.165) is 31.0 Å². The molecule has 1 aliphatic rings. The average molecular weight is 264 g/mol. The molecule has 2 rings (SSSR count). The van der Waals surface area contributed by atoms with Gasteiger partial charge in [0.1, 0.15) is 5.82 Å². The predicted molar refractivity (Wildman–Crippen MR) is 78.9 cm³/mol. The van der Waals surface area contributed by atoms with Crippen molar-refractivity contribution in [2.45, 2.75) is 39.7 Å². The van der Waals surface area contributed by atoms with Gasteiger partial charge in [0.25, 0.3) is 0 Å². The molecule has 0 saturated carbocycles. The lowest BCUT2D eigenvalue weighted by Crippen LogP contribution is -2.25. The van der Waals surface area contributed by atoms with Gasteiger partial charge in [0.15, 0.2) is 0 Å². The van der Waals surface area contributed by atoms with Crippen molar-refractivity contribution >= 4 is 5.69 Å². The fraction of sp³-hybridized carbons (Fsp3) is 0.625. The van der Waals surface area contributed by atoms with Crippen molar-refractivity contribution in [2.24, 2.45) is 17.6 Å². The van der Waals surface area contributed by atoms with Crippen LogP contribution in [-0.4, -0.2) is 19.1 Å². The van der Waals surface area contributed by atoms with Gasteiger partial charge in [-0.3, -0.25) is 0 Å². The van der Waals surface area contributed by atoms with Crippen molar-refractivity contribution in [3.8, 4) is 0 Å². The minimum Gasteiger partial charge on any atom is -0.371 e. The Morgan fingerprint density at radius 2 is 2.11 bits per heavy atom. The first-order valence-corrected chi connectivity index (χ1v) is 7.26. The van der Waals surface area contributed by atoms with Crippen LogP contribution >= 0.6 is 0 Å². The van der Waals surface area contributed by atoms with E-state index in [1.54, 1.807) is 12.1 Å². The monoisotopic (exact) mass is 264 g/mol. The molecule has 106 valence electrons. The molecule has 1 aliphatic heterocycles. The predicted octanol–water partition coefficient (Wildman–Crippen LogP) is 3.20. The number of benzene rings is 1. The lowest BCUT2D eigenvalue weighted by molar-refractivity contribution is 0.422. The fourth-order valence-electron chi connectivity index (χ4n) is 2.92. The van der Waals surface area contributed by atoms with E-state index in [4.69, 9.17) is 5.73 Å². The second-order valence-electron chi connectivity index (χ2n) is 6.19. The Balaban J connectivity index is 2.20. The highest BCUT2D eigenvalue weighted by molar-refractivity contribution is 5.55. The molecule has 3 heteroatoms. The number of rotatable bonds is 4. The van der Waals surface area contributed by atoms with Gasteiger partial charge in [-0.25, -0.2) is 4.39 Å². The van der Waals surface area contributed by atoms with Crippen molar-refractivity contribution in [1.29, 1.82) is 0 Å². The molecule has 2 nitrogen and oxygen atoms in total. The van der Waals surface area contributed by atoms with Crippen molar-refractivity contribution in [1.82, 2.24) is 0 Å². The summed E-state index contributed by atoms with van der Waals surface area (Å²) in [6.45, 7) is 8.68. The van der Waals surface area contributed by atoms with Crippen LogP contribution in [0.4, 0.5) is 10.1 Å². The molecule has 0 spiro atoms. The zero-order valence-electron chi connectivity index (χ0n) is 12.2. The van der Waals surface area contributed by atoms with Gasteiger partial charge in [0.05, 0.1) is 0 Å². The molecule has 1 aromatic carbocycles. The van der Waals surface area contributed by atoms with E-state index in [0.29, 0.717) is 5.92 Å². The van der Waals surface area contributed by atoms with Crippen molar-refractivity contribution < 1.29 is 4.39 Å². The maximum absolute atomic E-state index is 13.4. The summed E-state index contributed by atoms with van der Waals surface area (Å²) in [5, 5.41) is 0. The summed E-state index contributed by atoms with van der Waals surface area (Å²) in [4.78, 5) is 2.39. The molecule has 1 aromatic rings. The quantitative estimate of drug-likeness (QED) is 0.905. The zero-order valence-corrected chi connectivity index (χ0v) is 12.2. The van der Waals surface area contributed by atoms with Crippen LogP contribution in [0.3, 0.4) is 0 Å². The van der Waals surface area contributed by atoms with Crippen molar-refractivity contribution in [3.63, 3.8) is 0 Å². The van der Waals surface area contributed by atoms with E-state index in [-0.39, 0.29) is 11.9 Å². The zero-order chi connectivity index (χ0) is 14.0. The largest absolute Gasteiger partial charge is 0.371 e. The molecule has 0 bridgehead atoms. The van der Waals surface area contributed by atoms with E-state index in [1.165, 1.54) is 12.1 Å². The topological polar surface area (TPSA) is 29.3 Å². The fourth-order valence-corrected chi connectivity index (χ4v) is 2.92. The molecule has 0 amide bonds. The molecular weight excluding hydrogens is 239 g/mol. The molecule has 2 unspecified atom stereocenters. The highest BCUT2D eigenvalue weighted by Crippen LogP contribution is 2.31. The summed E-state index contributed by atoms with van der Waals surface area (Å²) < 4.78 is 13.4. The summed E-state index contributed by atoms with van der Waals surface area (Å²) in [6.07, 6.45) is 1.96. The molecule has 1 fully saturated rings. The Labute approximate surface area is 115 Å². The number of halogens is 1. The van der Waals surface area contributed by atoms with E-state index in [2.05, 4.69) is 18.7 Å². The van der Waals surface area contributed by atoms with Gasteiger partial charge in [-0.1, -0.05) is 13.8 Å². The molecule has 0 radical (unpaired) electrons. The van der Waals surface area contributed by atoms with Gasteiger partial charge in [-0.2, -0.15) is 0 Å². The molecule has 1 heterocycles. The Bertz CT molecular complexity index is 429. The Hall–Kier alpha value is -1.09. The number of nitrogens with two attached hydrogens (primary N) is 1. The normalized spacial score (nSPS) is 21.2. The number of hydrogen-bond acceptors (Lipinski definition) is 2. The first kappa shape index (κ1) is 14.3. The highest BCUT2D eigenvalue weighted by atomic mass is 19.1. The van der Waals surface area contributed by atoms with E-state index < -0.39 is 0 Å². The SMILES string of the molecule is CC(N)Cc1cc(F)ccc1N1CCC(C(C)C)C1. The first-order chi connectivity index (χ1) is 8.97. The average Bonchev–Trinajstić information content (AvgIpc) is 2.77. The number of hydrogen-bond donors (Lipinski definition) is 1. The second-order valence-corrected chi connectivity index (χ2v) is 6.19. The van der Waals surface area contributed by atoms with E-state index >= 15 is 0 Å². The Kier molecular flexibility index (Phi) is 4.46. The minimum absolute atomic E-state index is 0.0593. The van der Waals surface area contributed by atoms with Gasteiger partial charge in [-0.05, 0) is 55.4 Å². The molecule has 2 atom stereocenters. The van der Waals surface area contributed by atoms with Gasteiger partial charge >= 0.3 is 0 Å². The summed E-state index contributed by atoms with van der Waals surface area (Å²) in [5.41, 5.74) is 8.09. The molecule has 19 heavy (non-hydrogen) atoms. The molecule has 0 aromatic heterocycles. The number of nitrogens with zero attached hydrogens (tertiary/aromatic N) is 1. The maximum Gasteiger partial charge on any atom is 0.123 e. The third kappa shape index (κ3) is 3.47. The van der Waals surface area contributed by atoms with Gasteiger partial charge in [-0.15, -0.1) is 0 Å². The number of anilines is 1. The molecule has 2 N–H and O–H groups in total.